The van der Waals surface area contributed by atoms with Gasteiger partial charge in [0.25, 0.3) is 11.5 Å². The summed E-state index contributed by atoms with van der Waals surface area (Å²) >= 11 is 0. The van der Waals surface area contributed by atoms with Crippen molar-refractivity contribution >= 4 is 64.6 Å². The second-order valence-electron chi connectivity index (χ2n) is 23.4. The molecule has 2 fully saturated rings. The molecular weight excluding hydrogens is 1170 g/mol. The van der Waals surface area contributed by atoms with Gasteiger partial charge >= 0.3 is 16.4 Å². The Hall–Kier alpha value is -7.36. The maximum atomic E-state index is 16.1. The summed E-state index contributed by atoms with van der Waals surface area (Å²) in [5.74, 6) is -1.05. The summed E-state index contributed by atoms with van der Waals surface area (Å²) in [7, 11) is -8.20. The Morgan fingerprint density at radius 2 is 1.37 bits per heavy atom. The number of H-pyrrole nitrogens is 1. The maximum Gasteiger partial charge on any atom is 0.406 e. The minimum Gasteiger partial charge on any atom is -0.408 e. The molecule has 87 heavy (non-hydrogen) atoms. The molecule has 2 unspecified atom stereocenters. The number of rotatable bonds is 25. The first-order chi connectivity index (χ1) is 41.8. The van der Waals surface area contributed by atoms with E-state index < -0.39 is 97.1 Å². The van der Waals surface area contributed by atoms with Crippen LogP contribution in [0.2, 0.25) is 18.1 Å². The number of imidazole rings is 2. The van der Waals surface area contributed by atoms with Crippen molar-refractivity contribution in [2.75, 3.05) is 25.1 Å². The molecule has 0 radical (unpaired) electrons. The summed E-state index contributed by atoms with van der Waals surface area (Å²) in [6.07, 6.45) is -1.14. The predicted molar refractivity (Wildman–Crippen MR) is 327 cm³/mol. The van der Waals surface area contributed by atoms with E-state index in [0.29, 0.717) is 5.56 Å². The van der Waals surface area contributed by atoms with Gasteiger partial charge in [-0.2, -0.15) is 5.26 Å². The zero-order valence-corrected chi connectivity index (χ0v) is 52.3. The first-order valence-electron chi connectivity index (χ1n) is 28.7. The number of nitrogens with one attached hydrogen (secondary N) is 4. The van der Waals surface area contributed by atoms with E-state index in [-0.39, 0.29) is 76.8 Å². The van der Waals surface area contributed by atoms with E-state index in [0.717, 1.165) is 16.7 Å². The molecule has 2 aliphatic rings. The van der Waals surface area contributed by atoms with Crippen molar-refractivity contribution in [2.45, 2.75) is 121 Å². The number of aromatic amines is 1. The van der Waals surface area contributed by atoms with Crippen LogP contribution in [0.1, 0.15) is 93.3 Å². The third-order valence-corrected chi connectivity index (χ3v) is 22.8. The molecule has 1 amide bonds. The van der Waals surface area contributed by atoms with Crippen LogP contribution in [0.25, 0.3) is 22.3 Å². The number of Topliss-reactive ketones (excluding diaryl/α,β-unsaturated/α-hetero) is 1. The van der Waals surface area contributed by atoms with Gasteiger partial charge in [-0.3, -0.25) is 42.4 Å². The molecule has 4 N–H and O–H groups in total. The number of benzene rings is 4. The van der Waals surface area contributed by atoms with Gasteiger partial charge < -0.3 is 24.2 Å². The molecule has 4 aromatic carbocycles. The normalized spacial score (nSPS) is 21.6. The molecule has 8 aromatic rings. The van der Waals surface area contributed by atoms with Gasteiger partial charge in [0.1, 0.15) is 36.4 Å². The Morgan fingerprint density at radius 3 is 1.95 bits per heavy atom. The molecule has 9 atom stereocenters. The summed E-state index contributed by atoms with van der Waals surface area (Å²) < 4.78 is 71.4. The van der Waals surface area contributed by atoms with Gasteiger partial charge in [0.05, 0.1) is 69.1 Å². The Morgan fingerprint density at radius 1 is 0.793 bits per heavy atom. The topological polar surface area (TPSA) is 291 Å². The van der Waals surface area contributed by atoms with Gasteiger partial charge in [0.2, 0.25) is 0 Å². The van der Waals surface area contributed by atoms with Crippen molar-refractivity contribution in [3.63, 3.8) is 0 Å². The molecule has 0 saturated carbocycles. The highest BCUT2D eigenvalue weighted by Crippen LogP contribution is 2.51. The SMILES string of the molecule is CC(C)C(=O)Cc1nc2c(ncn2[C@@H]2O[C@H](COP(=O)(N[C@H]3[C@@H](O[Si](C)(C)C(C)(C)C)[C@H](n4cnc5c(NC(=O)c6ccccc6)ncnc54)O[C@@H]3COP=O)OCCC#N)C(NC(c3ccccc3)(c3ccccc3)c3ccccc3)[C@H]2C)c(=O)[nH]1. The molecule has 0 spiro atoms. The number of hydrogen-bond acceptors (Lipinski definition) is 18. The van der Waals surface area contributed by atoms with E-state index >= 15 is 4.57 Å². The van der Waals surface area contributed by atoms with E-state index in [1.165, 1.54) is 19.0 Å². The summed E-state index contributed by atoms with van der Waals surface area (Å²) in [6, 6.07) is 38.9. The first-order valence-corrected chi connectivity index (χ1v) is 33.9. The van der Waals surface area contributed by atoms with Crippen molar-refractivity contribution in [2.24, 2.45) is 11.8 Å². The van der Waals surface area contributed by atoms with Crippen LogP contribution < -0.4 is 21.3 Å². The number of carbonyl (C=O) groups excluding carboxylic acids is 2. The van der Waals surface area contributed by atoms with Crippen molar-refractivity contribution in [1.82, 2.24) is 49.4 Å². The van der Waals surface area contributed by atoms with Crippen LogP contribution in [0.5, 0.6) is 0 Å². The molecule has 10 rings (SSSR count). The second kappa shape index (κ2) is 26.5. The van der Waals surface area contributed by atoms with Gasteiger partial charge in [0, 0.05) is 23.4 Å². The van der Waals surface area contributed by atoms with E-state index in [2.05, 4.69) is 80.6 Å². The van der Waals surface area contributed by atoms with Crippen molar-refractivity contribution in [1.29, 1.82) is 5.26 Å². The number of fused-ring (bicyclic) bond motifs is 2. The fourth-order valence-corrected chi connectivity index (χ4v) is 13.9. The largest absolute Gasteiger partial charge is 0.408 e. The zero-order chi connectivity index (χ0) is 61.7. The average molecular weight is 1240 g/mol. The highest BCUT2D eigenvalue weighted by atomic mass is 31.2. The van der Waals surface area contributed by atoms with Crippen LogP contribution >= 0.6 is 16.4 Å². The van der Waals surface area contributed by atoms with Gasteiger partial charge in [-0.25, -0.2) is 39.1 Å². The predicted octanol–water partition coefficient (Wildman–Crippen LogP) is 9.99. The van der Waals surface area contributed by atoms with Crippen LogP contribution in [0, 0.1) is 23.2 Å². The lowest BCUT2D eigenvalue weighted by Gasteiger charge is -2.41. The highest BCUT2D eigenvalue weighted by molar-refractivity contribution is 7.51. The van der Waals surface area contributed by atoms with Crippen LogP contribution in [0.3, 0.4) is 0 Å². The van der Waals surface area contributed by atoms with Gasteiger partial charge in [0.15, 0.2) is 42.7 Å². The zero-order valence-electron chi connectivity index (χ0n) is 49.5. The third kappa shape index (κ3) is 13.3. The van der Waals surface area contributed by atoms with Crippen molar-refractivity contribution in [3.05, 3.63) is 179 Å². The van der Waals surface area contributed by atoms with Crippen LogP contribution in [0.15, 0.2) is 145 Å². The number of nitrogens with zero attached hydrogens (tertiary/aromatic N) is 8. The number of ether oxygens (including phenoxy) is 2. The van der Waals surface area contributed by atoms with E-state index in [4.69, 9.17) is 32.5 Å². The lowest BCUT2D eigenvalue weighted by atomic mass is 9.75. The fourth-order valence-electron chi connectivity index (χ4n) is 10.8. The summed E-state index contributed by atoms with van der Waals surface area (Å²) in [4.78, 5) is 65.8. The van der Waals surface area contributed by atoms with Gasteiger partial charge in [-0.15, -0.1) is 0 Å². The molecule has 2 saturated heterocycles. The quantitative estimate of drug-likeness (QED) is 0.0179. The van der Waals surface area contributed by atoms with Gasteiger partial charge in [-0.05, 0) is 47.0 Å². The molecule has 0 aliphatic carbocycles. The lowest BCUT2D eigenvalue weighted by molar-refractivity contribution is -0.121. The monoisotopic (exact) mass is 1240 g/mol. The molecule has 23 nitrogen and oxygen atoms in total. The Labute approximate surface area is 506 Å². The average Bonchev–Trinajstić information content (AvgIpc) is 1.93. The number of aromatic nitrogens is 8. The summed E-state index contributed by atoms with van der Waals surface area (Å²) in [5.41, 5.74) is 2.21. The minimum absolute atomic E-state index is 0.0375. The van der Waals surface area contributed by atoms with E-state index in [1.807, 2.05) is 97.9 Å². The first kappa shape index (κ1) is 62.7. The fraction of sp³-hybridized carbons (Fsp3) is 0.393. The summed E-state index contributed by atoms with van der Waals surface area (Å²) in [5, 5.41) is 19.6. The molecule has 2 aliphatic heterocycles. The molecular formula is C61H70N12O11P2Si. The second-order valence-corrected chi connectivity index (χ2v) is 30.3. The highest BCUT2D eigenvalue weighted by Gasteiger charge is 2.55. The lowest BCUT2D eigenvalue weighted by Crippen LogP contribution is -2.55. The molecule has 26 heteroatoms. The molecule has 4 aromatic heterocycles. The molecule has 0 bridgehead atoms. The van der Waals surface area contributed by atoms with Crippen LogP contribution in [0.4, 0.5) is 5.82 Å². The van der Waals surface area contributed by atoms with Crippen LogP contribution in [-0.4, -0.2) is 109 Å². The number of carbonyl (C=O) groups is 2. The van der Waals surface area contributed by atoms with Crippen molar-refractivity contribution in [3.8, 4) is 6.07 Å². The van der Waals surface area contributed by atoms with Crippen LogP contribution in [-0.2, 0) is 53.4 Å². The number of nitriles is 1. The number of ketones is 1. The van der Waals surface area contributed by atoms with Crippen molar-refractivity contribution < 1.29 is 46.2 Å². The van der Waals surface area contributed by atoms with E-state index in [1.54, 1.807) is 53.3 Å². The Balaban J connectivity index is 1.06. The number of anilines is 1. The van der Waals surface area contributed by atoms with Gasteiger partial charge in [-0.1, -0.05) is 151 Å². The smallest absolute Gasteiger partial charge is 0.406 e. The Bertz CT molecular complexity index is 3770. The standard InChI is InChI=1S/C61H70N12O11P2Si/c1-38(2)44(74)32-47-67-55-51(57(76)68-47)66-37-73(55)58-39(3)48(70-61(41-24-15-10-16-25-41,42-26-17-11-18-27-42)43-28-19-12-20-29-43)46(82-58)34-81-86(78,80-31-21-30-62)71-49-45(33-79-85-77)83-59(52(49)84-87(7,8)60(4,5)6)72-36-65-50-53(63-35-64-54(50)72)69-56(75)40-22-13-9-14-23-40/h9-20,22-29,35-39,45-46,48-49,52,58-59,70H,21,31-34H2,1-8H3,(H,71,78)(H,67,68,76)(H,63,64,69,75)/t39-,45-,46-,48?,49-,52-,58-,59-,86?/m1/s1. The number of hydrogen-bond donors (Lipinski definition) is 4. The molecule has 454 valence electrons. The summed E-state index contributed by atoms with van der Waals surface area (Å²) in [6.45, 7) is 14.8. The third-order valence-electron chi connectivity index (χ3n) is 16.4. The van der Waals surface area contributed by atoms with E-state index in [9.17, 15) is 24.2 Å². The number of amides is 1. The maximum absolute atomic E-state index is 16.1. The Kier molecular flexibility index (Phi) is 19.1. The minimum atomic E-state index is -4.69. The molecule has 6 heterocycles.